The third kappa shape index (κ3) is 5.18. The van der Waals surface area contributed by atoms with Crippen LogP contribution in [-0.2, 0) is 27.0 Å². The molecule has 0 saturated carbocycles. The Morgan fingerprint density at radius 1 is 1.09 bits per heavy atom. The molecule has 0 N–H and O–H groups in total. The minimum Gasteiger partial charge on any atom is -0.493 e. The number of halogens is 3. The molecule has 1 aliphatic rings. The van der Waals surface area contributed by atoms with Crippen molar-refractivity contribution in [1.82, 2.24) is 4.90 Å². The van der Waals surface area contributed by atoms with Crippen LogP contribution < -0.4 is 14.4 Å². The molecular weight excluding hydrogens is 469 g/mol. The van der Waals surface area contributed by atoms with E-state index >= 15 is 0 Å². The van der Waals surface area contributed by atoms with E-state index in [0.29, 0.717) is 17.2 Å². The van der Waals surface area contributed by atoms with Gasteiger partial charge in [0.2, 0.25) is 5.91 Å². The fraction of sp³-hybridized carbons (Fsp3) is 0.375. The maximum absolute atomic E-state index is 13.4. The Hall–Kier alpha value is -3.76. The number of ether oxygens (including phenoxy) is 3. The first-order chi connectivity index (χ1) is 16.5. The maximum Gasteiger partial charge on any atom is 0.416 e. The van der Waals surface area contributed by atoms with Gasteiger partial charge in [-0.3, -0.25) is 19.4 Å². The van der Waals surface area contributed by atoms with Crippen LogP contribution in [0.4, 0.5) is 23.7 Å². The molecule has 2 aromatic carbocycles. The molecule has 3 rings (SSSR count). The lowest BCUT2D eigenvalue weighted by Gasteiger charge is -2.38. The SMILES string of the molecule is CCOC(=O)C1CN(c2ccc(OC)c(OC)c2)C(=O)N(Cc2cccc(C(F)(F)F)c2C)C1=O. The van der Waals surface area contributed by atoms with E-state index in [1.807, 2.05) is 0 Å². The van der Waals surface area contributed by atoms with Gasteiger partial charge in [0.1, 0.15) is 0 Å². The summed E-state index contributed by atoms with van der Waals surface area (Å²) in [5.41, 5.74) is -0.555. The largest absolute Gasteiger partial charge is 0.493 e. The van der Waals surface area contributed by atoms with Gasteiger partial charge < -0.3 is 14.2 Å². The van der Waals surface area contributed by atoms with Gasteiger partial charge in [-0.25, -0.2) is 4.79 Å². The predicted molar refractivity (Wildman–Crippen MR) is 119 cm³/mol. The van der Waals surface area contributed by atoms with Gasteiger partial charge in [-0.15, -0.1) is 0 Å². The van der Waals surface area contributed by atoms with Crippen molar-refractivity contribution in [3.63, 3.8) is 0 Å². The summed E-state index contributed by atoms with van der Waals surface area (Å²) in [7, 11) is 2.85. The number of nitrogens with zero attached hydrogens (tertiary/aromatic N) is 2. The summed E-state index contributed by atoms with van der Waals surface area (Å²) in [4.78, 5) is 41.1. The Morgan fingerprint density at radius 3 is 2.37 bits per heavy atom. The zero-order valence-corrected chi connectivity index (χ0v) is 19.6. The number of imide groups is 1. The van der Waals surface area contributed by atoms with Crippen molar-refractivity contribution >= 4 is 23.6 Å². The molecular formula is C24H25F3N2O6. The standard InChI is InChI=1S/C24H25F3N2O6/c1-5-35-22(31)17-13-28(16-9-10-19(33-3)20(11-16)34-4)23(32)29(21(17)30)12-15-7-6-8-18(14(15)2)24(25,26)27/h6-11,17H,5,12-13H2,1-4H3. The fourth-order valence-corrected chi connectivity index (χ4v) is 3.87. The summed E-state index contributed by atoms with van der Waals surface area (Å²) in [5, 5.41) is 0. The lowest BCUT2D eigenvalue weighted by atomic mass is 9.99. The number of carbonyl (C=O) groups is 3. The van der Waals surface area contributed by atoms with Crippen LogP contribution in [0.2, 0.25) is 0 Å². The Labute approximate surface area is 200 Å². The van der Waals surface area contributed by atoms with Crippen LogP contribution in [0.3, 0.4) is 0 Å². The molecule has 3 amide bonds. The van der Waals surface area contributed by atoms with Crippen molar-refractivity contribution in [2.45, 2.75) is 26.6 Å². The van der Waals surface area contributed by atoms with Crippen LogP contribution in [0.25, 0.3) is 0 Å². The number of hydrogen-bond acceptors (Lipinski definition) is 6. The van der Waals surface area contributed by atoms with Crippen molar-refractivity contribution < 1.29 is 41.8 Å². The summed E-state index contributed by atoms with van der Waals surface area (Å²) < 4.78 is 55.7. The molecule has 1 atom stereocenters. The van der Waals surface area contributed by atoms with E-state index in [0.717, 1.165) is 11.0 Å². The topological polar surface area (TPSA) is 85.4 Å². The lowest BCUT2D eigenvalue weighted by Crippen LogP contribution is -2.58. The summed E-state index contributed by atoms with van der Waals surface area (Å²) >= 11 is 0. The molecule has 0 aromatic heterocycles. The van der Waals surface area contributed by atoms with Crippen molar-refractivity contribution in [2.24, 2.45) is 5.92 Å². The van der Waals surface area contributed by atoms with Gasteiger partial charge in [-0.05, 0) is 43.2 Å². The fourth-order valence-electron chi connectivity index (χ4n) is 3.87. The number of anilines is 1. The molecule has 8 nitrogen and oxygen atoms in total. The molecule has 0 aliphatic carbocycles. The molecule has 188 valence electrons. The smallest absolute Gasteiger partial charge is 0.416 e. The van der Waals surface area contributed by atoms with Gasteiger partial charge in [0.15, 0.2) is 17.4 Å². The molecule has 1 saturated heterocycles. The first-order valence-electron chi connectivity index (χ1n) is 10.7. The van der Waals surface area contributed by atoms with Crippen LogP contribution in [0, 0.1) is 12.8 Å². The lowest BCUT2D eigenvalue weighted by molar-refractivity contribution is -0.154. The van der Waals surface area contributed by atoms with E-state index in [1.54, 1.807) is 19.1 Å². The molecule has 0 bridgehead atoms. The number of hydrogen-bond donors (Lipinski definition) is 0. The number of rotatable bonds is 7. The van der Waals surface area contributed by atoms with Crippen molar-refractivity contribution in [3.8, 4) is 11.5 Å². The molecule has 0 spiro atoms. The molecule has 0 radical (unpaired) electrons. The highest BCUT2D eigenvalue weighted by Crippen LogP contribution is 2.36. The summed E-state index contributed by atoms with van der Waals surface area (Å²) in [6.45, 7) is 2.11. The monoisotopic (exact) mass is 494 g/mol. The van der Waals surface area contributed by atoms with Crippen LogP contribution in [0.1, 0.15) is 23.6 Å². The first-order valence-corrected chi connectivity index (χ1v) is 10.7. The highest BCUT2D eigenvalue weighted by molar-refractivity contribution is 6.12. The number of amides is 3. The minimum absolute atomic E-state index is 0.0135. The molecule has 1 unspecified atom stereocenters. The second kappa shape index (κ2) is 10.2. The average molecular weight is 494 g/mol. The van der Waals surface area contributed by atoms with Gasteiger partial charge >= 0.3 is 18.2 Å². The van der Waals surface area contributed by atoms with Gasteiger partial charge in [-0.2, -0.15) is 13.2 Å². The van der Waals surface area contributed by atoms with Crippen LogP contribution in [0.15, 0.2) is 36.4 Å². The van der Waals surface area contributed by atoms with E-state index in [1.165, 1.54) is 44.2 Å². The molecule has 11 heteroatoms. The first kappa shape index (κ1) is 25.9. The van der Waals surface area contributed by atoms with Crippen molar-refractivity contribution in [2.75, 3.05) is 32.3 Å². The van der Waals surface area contributed by atoms with Gasteiger partial charge in [0.25, 0.3) is 0 Å². The Morgan fingerprint density at radius 2 is 1.77 bits per heavy atom. The van der Waals surface area contributed by atoms with Crippen molar-refractivity contribution in [3.05, 3.63) is 53.1 Å². The molecule has 1 heterocycles. The van der Waals surface area contributed by atoms with E-state index in [2.05, 4.69) is 0 Å². The summed E-state index contributed by atoms with van der Waals surface area (Å²) in [6, 6.07) is 7.35. The summed E-state index contributed by atoms with van der Waals surface area (Å²) in [6.07, 6.45) is -4.60. The Kier molecular flexibility index (Phi) is 7.57. The number of carbonyl (C=O) groups excluding carboxylic acids is 3. The van der Waals surface area contributed by atoms with Crippen LogP contribution in [0.5, 0.6) is 11.5 Å². The quantitative estimate of drug-likeness (QED) is 0.424. The minimum atomic E-state index is -4.60. The number of benzene rings is 2. The maximum atomic E-state index is 13.4. The third-order valence-corrected chi connectivity index (χ3v) is 5.72. The van der Waals surface area contributed by atoms with Crippen LogP contribution in [-0.4, -0.2) is 50.2 Å². The number of urea groups is 1. The number of methoxy groups -OCH3 is 2. The molecule has 1 fully saturated rings. The summed E-state index contributed by atoms with van der Waals surface area (Å²) in [5.74, 6) is -2.33. The van der Waals surface area contributed by atoms with E-state index in [9.17, 15) is 27.6 Å². The molecule has 2 aromatic rings. The van der Waals surface area contributed by atoms with Crippen LogP contribution >= 0.6 is 0 Å². The van der Waals surface area contributed by atoms with Gasteiger partial charge in [-0.1, -0.05) is 12.1 Å². The molecule has 1 aliphatic heterocycles. The third-order valence-electron chi connectivity index (χ3n) is 5.72. The normalized spacial score (nSPS) is 16.4. The second-order valence-electron chi connectivity index (χ2n) is 7.75. The number of esters is 1. The van der Waals surface area contributed by atoms with Gasteiger partial charge in [0.05, 0.1) is 39.5 Å². The Bertz CT molecular complexity index is 1130. The predicted octanol–water partition coefficient (Wildman–Crippen LogP) is 4.18. The highest BCUT2D eigenvalue weighted by Gasteiger charge is 2.44. The van der Waals surface area contributed by atoms with E-state index < -0.39 is 42.1 Å². The zero-order valence-electron chi connectivity index (χ0n) is 19.6. The van der Waals surface area contributed by atoms with E-state index in [-0.39, 0.29) is 24.3 Å². The van der Waals surface area contributed by atoms with Crippen molar-refractivity contribution in [1.29, 1.82) is 0 Å². The van der Waals surface area contributed by atoms with Gasteiger partial charge in [0, 0.05) is 11.8 Å². The average Bonchev–Trinajstić information content (AvgIpc) is 2.81. The highest BCUT2D eigenvalue weighted by atomic mass is 19.4. The second-order valence-corrected chi connectivity index (χ2v) is 7.75. The zero-order chi connectivity index (χ0) is 25.9. The number of alkyl halides is 3. The van der Waals surface area contributed by atoms with E-state index in [4.69, 9.17) is 14.2 Å². The molecule has 35 heavy (non-hydrogen) atoms. The Balaban J connectivity index is 2.04.